The maximum absolute atomic E-state index is 11.9. The van der Waals surface area contributed by atoms with Crippen molar-refractivity contribution in [3.05, 3.63) is 0 Å². The number of unbranched alkanes of at least 4 members (excludes halogenated alkanes) is 5. The third-order valence-electron chi connectivity index (χ3n) is 4.60. The van der Waals surface area contributed by atoms with Crippen LogP contribution in [0.15, 0.2) is 0 Å². The molecule has 1 saturated carbocycles. The van der Waals surface area contributed by atoms with Crippen molar-refractivity contribution in [1.82, 2.24) is 0 Å². The van der Waals surface area contributed by atoms with Gasteiger partial charge in [0.05, 0.1) is 0 Å². The zero-order valence-corrected chi connectivity index (χ0v) is 12.1. The Labute approximate surface area is 107 Å². The first-order chi connectivity index (χ1) is 8.09. The number of hydrogen-bond donors (Lipinski definition) is 0. The lowest BCUT2D eigenvalue weighted by Crippen LogP contribution is -2.36. The molecule has 0 amide bonds. The van der Waals surface area contributed by atoms with Crippen molar-refractivity contribution in [2.75, 3.05) is 0 Å². The molecular formula is C16H30O. The van der Waals surface area contributed by atoms with Gasteiger partial charge < -0.3 is 0 Å². The minimum absolute atomic E-state index is 0.0400. The fraction of sp³-hybridized carbons (Fsp3) is 0.938. The van der Waals surface area contributed by atoms with Crippen LogP contribution >= 0.6 is 0 Å². The molecule has 0 saturated heterocycles. The zero-order valence-electron chi connectivity index (χ0n) is 12.1. The molecule has 0 radical (unpaired) electrons. The SMILES string of the molecule is CCCCCCCCC1CCCC(=O)C1(C)C. The number of carbonyl (C=O) groups excluding carboxylic acids is 1. The number of Topliss-reactive ketones (excluding diaryl/α,β-unsaturated/α-hetero) is 1. The molecule has 1 nitrogen and oxygen atoms in total. The van der Waals surface area contributed by atoms with Crippen molar-refractivity contribution in [3.63, 3.8) is 0 Å². The van der Waals surface area contributed by atoms with Crippen LogP contribution in [-0.2, 0) is 4.79 Å². The molecule has 1 unspecified atom stereocenters. The molecule has 0 N–H and O–H groups in total. The molecule has 0 aromatic rings. The first-order valence-corrected chi connectivity index (χ1v) is 7.62. The Hall–Kier alpha value is -0.330. The van der Waals surface area contributed by atoms with Crippen molar-refractivity contribution >= 4 is 5.78 Å². The van der Waals surface area contributed by atoms with E-state index in [1.807, 2.05) is 0 Å². The number of hydrogen-bond acceptors (Lipinski definition) is 1. The Kier molecular flexibility index (Phi) is 6.22. The summed E-state index contributed by atoms with van der Waals surface area (Å²) in [5, 5.41) is 0. The van der Waals surface area contributed by atoms with Gasteiger partial charge in [0.1, 0.15) is 5.78 Å². The van der Waals surface area contributed by atoms with Crippen molar-refractivity contribution in [2.45, 2.75) is 85.0 Å². The van der Waals surface area contributed by atoms with E-state index in [9.17, 15) is 4.79 Å². The topological polar surface area (TPSA) is 17.1 Å². The summed E-state index contributed by atoms with van der Waals surface area (Å²) in [4.78, 5) is 11.9. The van der Waals surface area contributed by atoms with Crippen LogP contribution in [0.3, 0.4) is 0 Å². The average Bonchev–Trinajstić information content (AvgIpc) is 2.29. The van der Waals surface area contributed by atoms with Crippen LogP contribution in [0.25, 0.3) is 0 Å². The Morgan fingerprint density at radius 3 is 2.47 bits per heavy atom. The largest absolute Gasteiger partial charge is 0.299 e. The summed E-state index contributed by atoms with van der Waals surface area (Å²) >= 11 is 0. The summed E-state index contributed by atoms with van der Waals surface area (Å²) in [5.74, 6) is 1.15. The van der Waals surface area contributed by atoms with E-state index in [0.717, 1.165) is 12.8 Å². The van der Waals surface area contributed by atoms with Crippen LogP contribution in [0.4, 0.5) is 0 Å². The molecule has 1 fully saturated rings. The summed E-state index contributed by atoms with van der Waals surface area (Å²) in [6, 6.07) is 0. The van der Waals surface area contributed by atoms with E-state index in [0.29, 0.717) is 11.7 Å². The monoisotopic (exact) mass is 238 g/mol. The van der Waals surface area contributed by atoms with Gasteiger partial charge in [-0.2, -0.15) is 0 Å². The van der Waals surface area contributed by atoms with Gasteiger partial charge in [-0.3, -0.25) is 4.79 Å². The molecule has 0 bridgehead atoms. The smallest absolute Gasteiger partial charge is 0.138 e. The van der Waals surface area contributed by atoms with Crippen LogP contribution in [0, 0.1) is 11.3 Å². The molecule has 1 rings (SSSR count). The standard InChI is InChI=1S/C16H30O/c1-4-5-6-7-8-9-11-14-12-10-13-15(17)16(14,2)3/h14H,4-13H2,1-3H3. The van der Waals surface area contributed by atoms with E-state index in [1.165, 1.54) is 51.4 Å². The lowest BCUT2D eigenvalue weighted by Gasteiger charge is -2.37. The first-order valence-electron chi connectivity index (χ1n) is 7.62. The van der Waals surface area contributed by atoms with Gasteiger partial charge in [0, 0.05) is 11.8 Å². The highest BCUT2D eigenvalue weighted by Gasteiger charge is 2.38. The lowest BCUT2D eigenvalue weighted by molar-refractivity contribution is -0.132. The Bertz CT molecular complexity index is 230. The summed E-state index contributed by atoms with van der Waals surface area (Å²) < 4.78 is 0. The third-order valence-corrected chi connectivity index (χ3v) is 4.60. The number of rotatable bonds is 7. The van der Waals surface area contributed by atoms with E-state index in [1.54, 1.807) is 0 Å². The molecule has 100 valence electrons. The lowest BCUT2D eigenvalue weighted by atomic mass is 9.66. The third kappa shape index (κ3) is 4.44. The van der Waals surface area contributed by atoms with Crippen molar-refractivity contribution in [2.24, 2.45) is 11.3 Å². The molecular weight excluding hydrogens is 208 g/mol. The number of ketones is 1. The minimum atomic E-state index is -0.0400. The quantitative estimate of drug-likeness (QED) is 0.562. The van der Waals surface area contributed by atoms with Gasteiger partial charge in [-0.1, -0.05) is 59.3 Å². The normalized spacial score (nSPS) is 23.9. The van der Waals surface area contributed by atoms with E-state index in [2.05, 4.69) is 20.8 Å². The van der Waals surface area contributed by atoms with Gasteiger partial charge in [0.25, 0.3) is 0 Å². The van der Waals surface area contributed by atoms with E-state index < -0.39 is 0 Å². The molecule has 0 aliphatic heterocycles. The van der Waals surface area contributed by atoms with Crippen LogP contribution in [0.2, 0.25) is 0 Å². The Morgan fingerprint density at radius 1 is 1.12 bits per heavy atom. The highest BCUT2D eigenvalue weighted by Crippen LogP contribution is 2.40. The summed E-state index contributed by atoms with van der Waals surface area (Å²) in [5.41, 5.74) is -0.0400. The van der Waals surface area contributed by atoms with Crippen LogP contribution in [0.5, 0.6) is 0 Å². The molecule has 0 aromatic heterocycles. The molecule has 1 heteroatoms. The predicted molar refractivity (Wildman–Crippen MR) is 74.1 cm³/mol. The van der Waals surface area contributed by atoms with Gasteiger partial charge in [-0.15, -0.1) is 0 Å². The van der Waals surface area contributed by atoms with Crippen molar-refractivity contribution in [1.29, 1.82) is 0 Å². The maximum Gasteiger partial charge on any atom is 0.138 e. The number of carbonyl (C=O) groups is 1. The minimum Gasteiger partial charge on any atom is -0.299 e. The fourth-order valence-electron chi connectivity index (χ4n) is 3.10. The Morgan fingerprint density at radius 2 is 1.76 bits per heavy atom. The summed E-state index contributed by atoms with van der Waals surface area (Å²) in [6.07, 6.45) is 12.7. The second kappa shape index (κ2) is 7.18. The van der Waals surface area contributed by atoms with Gasteiger partial charge in [-0.25, -0.2) is 0 Å². The summed E-state index contributed by atoms with van der Waals surface area (Å²) in [7, 11) is 0. The van der Waals surface area contributed by atoms with Crippen LogP contribution in [0.1, 0.15) is 85.0 Å². The molecule has 1 aliphatic carbocycles. The van der Waals surface area contributed by atoms with E-state index >= 15 is 0 Å². The van der Waals surface area contributed by atoms with E-state index in [-0.39, 0.29) is 5.41 Å². The molecule has 17 heavy (non-hydrogen) atoms. The van der Waals surface area contributed by atoms with Crippen molar-refractivity contribution < 1.29 is 4.79 Å². The highest BCUT2D eigenvalue weighted by molar-refractivity contribution is 5.85. The average molecular weight is 238 g/mol. The summed E-state index contributed by atoms with van der Waals surface area (Å²) in [6.45, 7) is 6.59. The van der Waals surface area contributed by atoms with Gasteiger partial charge in [-0.05, 0) is 25.2 Å². The molecule has 0 heterocycles. The highest BCUT2D eigenvalue weighted by atomic mass is 16.1. The second-order valence-electron chi connectivity index (χ2n) is 6.29. The Balaban J connectivity index is 2.19. The molecule has 1 aliphatic rings. The predicted octanol–water partition coefficient (Wildman–Crippen LogP) is 5.13. The van der Waals surface area contributed by atoms with Gasteiger partial charge >= 0.3 is 0 Å². The van der Waals surface area contributed by atoms with E-state index in [4.69, 9.17) is 0 Å². The first kappa shape index (κ1) is 14.7. The van der Waals surface area contributed by atoms with Crippen LogP contribution < -0.4 is 0 Å². The second-order valence-corrected chi connectivity index (χ2v) is 6.29. The molecule has 0 aromatic carbocycles. The van der Waals surface area contributed by atoms with Crippen molar-refractivity contribution in [3.8, 4) is 0 Å². The van der Waals surface area contributed by atoms with Crippen LogP contribution in [-0.4, -0.2) is 5.78 Å². The zero-order chi connectivity index (χ0) is 12.7. The molecule has 0 spiro atoms. The maximum atomic E-state index is 11.9. The van der Waals surface area contributed by atoms with Gasteiger partial charge in [0.2, 0.25) is 0 Å². The fourth-order valence-corrected chi connectivity index (χ4v) is 3.10. The van der Waals surface area contributed by atoms with Gasteiger partial charge in [0.15, 0.2) is 0 Å². The molecule has 1 atom stereocenters.